The van der Waals surface area contributed by atoms with Crippen LogP contribution in [0, 0.1) is 17.8 Å². The summed E-state index contributed by atoms with van der Waals surface area (Å²) in [5, 5.41) is 9.51. The van der Waals surface area contributed by atoms with Crippen LogP contribution < -0.4 is 9.47 Å². The number of hydrogen-bond donors (Lipinski definition) is 1. The van der Waals surface area contributed by atoms with Crippen molar-refractivity contribution in [3.63, 3.8) is 0 Å². The molecule has 162 valence electrons. The molecule has 30 heavy (non-hydrogen) atoms. The van der Waals surface area contributed by atoms with E-state index >= 15 is 0 Å². The van der Waals surface area contributed by atoms with Crippen LogP contribution in [0.3, 0.4) is 0 Å². The highest BCUT2D eigenvalue weighted by atomic mass is 16.5. The molecule has 1 aromatic carbocycles. The van der Waals surface area contributed by atoms with Crippen molar-refractivity contribution in [2.45, 2.75) is 76.0 Å². The van der Waals surface area contributed by atoms with Gasteiger partial charge >= 0.3 is 0 Å². The Balaban J connectivity index is 1.43. The summed E-state index contributed by atoms with van der Waals surface area (Å²) in [6.07, 6.45) is 6.03. The van der Waals surface area contributed by atoms with Gasteiger partial charge in [-0.3, -0.25) is 9.69 Å². The molecule has 3 unspecified atom stereocenters. The molecule has 5 aliphatic rings. The first-order chi connectivity index (χ1) is 14.5. The third-order valence-corrected chi connectivity index (χ3v) is 8.80. The van der Waals surface area contributed by atoms with Crippen molar-refractivity contribution in [3.05, 3.63) is 23.3 Å². The second-order valence-corrected chi connectivity index (χ2v) is 10.5. The van der Waals surface area contributed by atoms with E-state index in [0.717, 1.165) is 43.2 Å². The smallest absolute Gasteiger partial charge is 0.174 e. The van der Waals surface area contributed by atoms with E-state index in [0.29, 0.717) is 18.4 Å². The van der Waals surface area contributed by atoms with Crippen molar-refractivity contribution in [2.75, 3.05) is 19.7 Å². The van der Waals surface area contributed by atoms with Gasteiger partial charge in [0.1, 0.15) is 6.10 Å². The highest BCUT2D eigenvalue weighted by Gasteiger charge is 2.66. The molecule has 2 saturated carbocycles. The fourth-order valence-corrected chi connectivity index (χ4v) is 6.81. The second kappa shape index (κ2) is 6.70. The minimum Gasteiger partial charge on any atom is -0.486 e. The summed E-state index contributed by atoms with van der Waals surface area (Å²) in [4.78, 5) is 15.8. The number of benzene rings is 1. The zero-order valence-electron chi connectivity index (χ0n) is 18.1. The van der Waals surface area contributed by atoms with E-state index in [9.17, 15) is 9.90 Å². The number of carbonyl (C=O) groups excluding carboxylic acids is 1. The van der Waals surface area contributed by atoms with E-state index in [4.69, 9.17) is 9.47 Å². The van der Waals surface area contributed by atoms with Crippen molar-refractivity contribution >= 4 is 5.78 Å². The number of ether oxygens (including phenoxy) is 2. The summed E-state index contributed by atoms with van der Waals surface area (Å²) in [6.45, 7) is 6.38. The molecule has 1 saturated heterocycles. The summed E-state index contributed by atoms with van der Waals surface area (Å²) in [6, 6.07) is 4.80. The highest BCUT2D eigenvalue weighted by Crippen LogP contribution is 2.63. The van der Waals surface area contributed by atoms with Crippen LogP contribution in [-0.2, 0) is 16.6 Å². The Hall–Kier alpha value is -1.59. The van der Waals surface area contributed by atoms with E-state index < -0.39 is 0 Å². The molecule has 0 amide bonds. The topological polar surface area (TPSA) is 59.0 Å². The van der Waals surface area contributed by atoms with Crippen LogP contribution in [0.25, 0.3) is 0 Å². The maximum absolute atomic E-state index is 13.1. The molecule has 5 nitrogen and oxygen atoms in total. The quantitative estimate of drug-likeness (QED) is 0.780. The zero-order chi connectivity index (χ0) is 20.6. The largest absolute Gasteiger partial charge is 0.486 e. The Morgan fingerprint density at radius 3 is 2.90 bits per heavy atom. The number of aliphatic hydroxyl groups excluding tert-OH is 1. The number of nitrogens with zero attached hydrogens (tertiary/aromatic N) is 1. The maximum atomic E-state index is 13.1. The number of carbonyl (C=O) groups is 1. The van der Waals surface area contributed by atoms with E-state index in [1.54, 1.807) is 0 Å². The molecule has 2 aliphatic heterocycles. The normalized spacial score (nSPS) is 36.1. The third-order valence-electron chi connectivity index (χ3n) is 8.80. The molecule has 3 aliphatic carbocycles. The maximum Gasteiger partial charge on any atom is 0.174 e. The number of hydrogen-bond acceptors (Lipinski definition) is 5. The lowest BCUT2D eigenvalue weighted by Gasteiger charge is -2.57. The van der Waals surface area contributed by atoms with Crippen LogP contribution in [0.5, 0.6) is 11.5 Å². The lowest BCUT2D eigenvalue weighted by Crippen LogP contribution is -2.66. The van der Waals surface area contributed by atoms with E-state index in [-0.39, 0.29) is 35.9 Å². The minimum atomic E-state index is -0.341. The van der Waals surface area contributed by atoms with Crippen molar-refractivity contribution in [1.29, 1.82) is 0 Å². The average Bonchev–Trinajstić information content (AvgIpc) is 3.49. The summed E-state index contributed by atoms with van der Waals surface area (Å²) in [5.74, 6) is 3.28. The van der Waals surface area contributed by atoms with Gasteiger partial charge in [0.2, 0.25) is 0 Å². The van der Waals surface area contributed by atoms with Crippen molar-refractivity contribution < 1.29 is 19.4 Å². The number of ketones is 1. The molecule has 5 heteroatoms. The molecule has 0 aromatic heterocycles. The van der Waals surface area contributed by atoms with E-state index in [1.807, 2.05) is 19.9 Å². The summed E-state index contributed by atoms with van der Waals surface area (Å²) >= 11 is 0. The van der Waals surface area contributed by atoms with Gasteiger partial charge in [0, 0.05) is 42.5 Å². The first-order valence-corrected chi connectivity index (χ1v) is 11.9. The Bertz CT molecular complexity index is 880. The molecule has 0 radical (unpaired) electrons. The lowest BCUT2D eigenvalue weighted by molar-refractivity contribution is -0.138. The molecular formula is C25H33NO4. The van der Waals surface area contributed by atoms with Crippen molar-refractivity contribution in [2.24, 2.45) is 17.8 Å². The Labute approximate surface area is 178 Å². The molecule has 2 bridgehead atoms. The second-order valence-electron chi connectivity index (χ2n) is 10.5. The number of piperidine rings is 1. The Morgan fingerprint density at radius 2 is 2.13 bits per heavy atom. The molecule has 3 fully saturated rings. The predicted octanol–water partition coefficient (Wildman–Crippen LogP) is 3.10. The fourth-order valence-electron chi connectivity index (χ4n) is 6.81. The molecular weight excluding hydrogens is 378 g/mol. The number of rotatable bonds is 6. The predicted molar refractivity (Wildman–Crippen MR) is 113 cm³/mol. The average molecular weight is 412 g/mol. The van der Waals surface area contributed by atoms with Gasteiger partial charge in [-0.05, 0) is 69.0 Å². The van der Waals surface area contributed by atoms with Gasteiger partial charge in [-0.15, -0.1) is 0 Å². The molecule has 1 N–H and O–H groups in total. The van der Waals surface area contributed by atoms with Crippen molar-refractivity contribution in [3.8, 4) is 11.5 Å². The summed E-state index contributed by atoms with van der Waals surface area (Å²) in [5.41, 5.74) is 2.49. The van der Waals surface area contributed by atoms with Gasteiger partial charge in [-0.25, -0.2) is 0 Å². The summed E-state index contributed by atoms with van der Waals surface area (Å²) < 4.78 is 12.8. The minimum absolute atomic E-state index is 0.0412. The van der Waals surface area contributed by atoms with Gasteiger partial charge < -0.3 is 14.6 Å². The Kier molecular flexibility index (Phi) is 4.27. The van der Waals surface area contributed by atoms with E-state index in [2.05, 4.69) is 11.0 Å². The summed E-state index contributed by atoms with van der Waals surface area (Å²) in [7, 11) is 0. The number of aliphatic hydroxyl groups is 1. The first-order valence-electron chi connectivity index (χ1n) is 11.9. The molecule has 2 heterocycles. The molecule has 1 spiro atoms. The Morgan fingerprint density at radius 1 is 1.30 bits per heavy atom. The van der Waals surface area contributed by atoms with Gasteiger partial charge in [0.15, 0.2) is 23.4 Å². The van der Waals surface area contributed by atoms with Crippen LogP contribution in [-0.4, -0.2) is 53.7 Å². The number of Topliss-reactive ketones (excluding diaryl/α,β-unsaturated/α-hetero) is 1. The molecule has 6 atom stereocenters. The van der Waals surface area contributed by atoms with Gasteiger partial charge in [-0.1, -0.05) is 13.0 Å². The monoisotopic (exact) mass is 411 g/mol. The zero-order valence-corrected chi connectivity index (χ0v) is 18.1. The van der Waals surface area contributed by atoms with Gasteiger partial charge in [0.25, 0.3) is 0 Å². The molecule has 6 rings (SSSR count). The fraction of sp³-hybridized carbons (Fsp3) is 0.720. The van der Waals surface area contributed by atoms with Crippen molar-refractivity contribution in [1.82, 2.24) is 4.90 Å². The first kappa shape index (κ1) is 19.1. The van der Waals surface area contributed by atoms with Crippen LogP contribution in [0.4, 0.5) is 0 Å². The lowest BCUT2D eigenvalue weighted by atomic mass is 9.51. The highest BCUT2D eigenvalue weighted by molar-refractivity contribution is 5.89. The van der Waals surface area contributed by atoms with Gasteiger partial charge in [-0.2, -0.15) is 0 Å². The number of likely N-dealkylation sites (tertiary alicyclic amines) is 1. The third kappa shape index (κ3) is 2.57. The van der Waals surface area contributed by atoms with Crippen LogP contribution in [0.1, 0.15) is 57.1 Å². The standard InChI is InChI=1S/C25H33NO4/c1-14(13-27)15(2)29-21-8-5-17-11-19-18-6-7-20(28)24-25(18,22(17)23(21)30-24)9-10-26(19)12-16-3-4-16/h5,8,14-16,18-19,24,27H,3-4,6-7,9-13H2,1-2H3/t14?,15?,18-,19+,24?,25-/m0/s1. The molecule has 1 aromatic rings. The SMILES string of the molecule is CC(CO)C(C)Oc1ccc2c3c1OC1C(=O)CC[C@H]4[C@@H](C2)N(CC2CC2)CC[C@]314. The van der Waals surface area contributed by atoms with E-state index in [1.165, 1.54) is 30.5 Å². The van der Waals surface area contributed by atoms with Crippen LogP contribution in [0.2, 0.25) is 0 Å². The van der Waals surface area contributed by atoms with Gasteiger partial charge in [0.05, 0.1) is 0 Å². The van der Waals surface area contributed by atoms with Crippen LogP contribution >= 0.6 is 0 Å². The van der Waals surface area contributed by atoms with Crippen LogP contribution in [0.15, 0.2) is 12.1 Å².